The molecule has 0 aliphatic carbocycles. The van der Waals surface area contributed by atoms with Crippen molar-refractivity contribution in [3.05, 3.63) is 40.2 Å². The first-order chi connectivity index (χ1) is 10.9. The second-order valence-corrected chi connectivity index (χ2v) is 5.02. The number of carbonyl (C=O) groups is 2. The highest BCUT2D eigenvalue weighted by Gasteiger charge is 2.17. The van der Waals surface area contributed by atoms with Gasteiger partial charge < -0.3 is 14.5 Å². The van der Waals surface area contributed by atoms with Gasteiger partial charge in [-0.2, -0.15) is 0 Å². The Balaban J connectivity index is 2.13. The summed E-state index contributed by atoms with van der Waals surface area (Å²) < 4.78 is 10.6. The molecule has 1 aromatic heterocycles. The van der Waals surface area contributed by atoms with Gasteiger partial charge in [0.05, 0.1) is 0 Å². The summed E-state index contributed by atoms with van der Waals surface area (Å²) in [6.07, 6.45) is -0.883. The van der Waals surface area contributed by atoms with Crippen LogP contribution in [0.1, 0.15) is 19.4 Å². The lowest BCUT2D eigenvalue weighted by Gasteiger charge is -2.14. The standard InChI is InChI=1S/C16H18N2O5/c1-4-17-16(21)18-15(20)10(3)22-11-5-6-12-9(2)7-14(19)23-13(12)8-11/h5-8,10H,4H2,1-3H3,(H2,17,18,20,21). The van der Waals surface area contributed by atoms with Gasteiger partial charge in [0.1, 0.15) is 11.3 Å². The lowest BCUT2D eigenvalue weighted by Crippen LogP contribution is -2.45. The van der Waals surface area contributed by atoms with E-state index in [2.05, 4.69) is 10.6 Å². The summed E-state index contributed by atoms with van der Waals surface area (Å²) in [4.78, 5) is 34.6. The summed E-state index contributed by atoms with van der Waals surface area (Å²) in [5.41, 5.74) is 0.725. The number of hydrogen-bond donors (Lipinski definition) is 2. The molecule has 0 saturated carbocycles. The van der Waals surface area contributed by atoms with Crippen LogP contribution in [0.5, 0.6) is 5.75 Å². The SMILES string of the molecule is CCNC(=O)NC(=O)C(C)Oc1ccc2c(C)cc(=O)oc2c1. The third-order valence-corrected chi connectivity index (χ3v) is 3.18. The average Bonchev–Trinajstić information content (AvgIpc) is 2.46. The number of fused-ring (bicyclic) bond motifs is 1. The second kappa shape index (κ2) is 6.95. The first-order valence-corrected chi connectivity index (χ1v) is 7.20. The maximum absolute atomic E-state index is 11.8. The van der Waals surface area contributed by atoms with Crippen molar-refractivity contribution in [2.24, 2.45) is 0 Å². The molecule has 0 radical (unpaired) electrons. The summed E-state index contributed by atoms with van der Waals surface area (Å²) >= 11 is 0. The number of hydrogen-bond acceptors (Lipinski definition) is 5. The Morgan fingerprint density at radius 3 is 2.74 bits per heavy atom. The van der Waals surface area contributed by atoms with Gasteiger partial charge in [-0.05, 0) is 38.5 Å². The van der Waals surface area contributed by atoms with Gasteiger partial charge in [0.2, 0.25) is 0 Å². The molecule has 0 fully saturated rings. The minimum absolute atomic E-state index is 0.366. The molecule has 2 rings (SSSR count). The van der Waals surface area contributed by atoms with Gasteiger partial charge in [-0.15, -0.1) is 0 Å². The third kappa shape index (κ3) is 4.09. The van der Waals surface area contributed by atoms with E-state index in [0.717, 1.165) is 10.9 Å². The molecule has 2 aromatic rings. The first-order valence-electron chi connectivity index (χ1n) is 7.20. The molecule has 1 atom stereocenters. The number of ether oxygens (including phenoxy) is 1. The fraction of sp³-hybridized carbons (Fsp3) is 0.312. The Morgan fingerprint density at radius 2 is 2.04 bits per heavy atom. The van der Waals surface area contributed by atoms with E-state index in [1.54, 1.807) is 25.1 Å². The molecular weight excluding hydrogens is 300 g/mol. The highest BCUT2D eigenvalue weighted by molar-refractivity contribution is 5.96. The predicted octanol–water partition coefficient (Wildman–Crippen LogP) is 1.71. The molecule has 7 heteroatoms. The lowest BCUT2D eigenvalue weighted by atomic mass is 10.1. The molecule has 23 heavy (non-hydrogen) atoms. The number of rotatable bonds is 4. The molecule has 3 amide bonds. The Bertz CT molecular complexity index is 797. The molecule has 7 nitrogen and oxygen atoms in total. The van der Waals surface area contributed by atoms with Crippen molar-refractivity contribution in [1.82, 2.24) is 10.6 Å². The van der Waals surface area contributed by atoms with E-state index in [4.69, 9.17) is 9.15 Å². The van der Waals surface area contributed by atoms with E-state index >= 15 is 0 Å². The Labute approximate surface area is 132 Å². The van der Waals surface area contributed by atoms with Crippen LogP contribution in [-0.4, -0.2) is 24.6 Å². The van der Waals surface area contributed by atoms with Crippen LogP contribution in [0.3, 0.4) is 0 Å². The summed E-state index contributed by atoms with van der Waals surface area (Å²) in [6, 6.07) is 5.79. The van der Waals surface area contributed by atoms with E-state index in [9.17, 15) is 14.4 Å². The molecule has 1 unspecified atom stereocenters. The predicted molar refractivity (Wildman–Crippen MR) is 84.5 cm³/mol. The van der Waals surface area contributed by atoms with Crippen LogP contribution >= 0.6 is 0 Å². The quantitative estimate of drug-likeness (QED) is 0.836. The molecule has 0 bridgehead atoms. The zero-order chi connectivity index (χ0) is 17.0. The topological polar surface area (TPSA) is 97.6 Å². The number of carbonyl (C=O) groups excluding carboxylic acids is 2. The highest BCUT2D eigenvalue weighted by atomic mass is 16.5. The van der Waals surface area contributed by atoms with Crippen LogP contribution < -0.4 is 21.0 Å². The van der Waals surface area contributed by atoms with E-state index in [1.165, 1.54) is 13.0 Å². The number of benzene rings is 1. The Hall–Kier alpha value is -2.83. The van der Waals surface area contributed by atoms with Gasteiger partial charge in [0, 0.05) is 24.1 Å². The number of nitrogens with one attached hydrogen (secondary N) is 2. The average molecular weight is 318 g/mol. The van der Waals surface area contributed by atoms with Gasteiger partial charge in [0.25, 0.3) is 5.91 Å². The highest BCUT2D eigenvalue weighted by Crippen LogP contribution is 2.22. The van der Waals surface area contributed by atoms with Crippen LogP contribution in [0, 0.1) is 6.92 Å². The Morgan fingerprint density at radius 1 is 1.30 bits per heavy atom. The first kappa shape index (κ1) is 16.5. The van der Waals surface area contributed by atoms with E-state index < -0.39 is 23.7 Å². The van der Waals surface area contributed by atoms with Crippen LogP contribution in [0.15, 0.2) is 33.5 Å². The van der Waals surface area contributed by atoms with Crippen LogP contribution in [0.2, 0.25) is 0 Å². The summed E-state index contributed by atoms with van der Waals surface area (Å²) in [7, 11) is 0. The number of aryl methyl sites for hydroxylation is 1. The fourth-order valence-corrected chi connectivity index (χ4v) is 2.05. The minimum Gasteiger partial charge on any atom is -0.481 e. The second-order valence-electron chi connectivity index (χ2n) is 5.02. The molecule has 2 N–H and O–H groups in total. The van der Waals surface area contributed by atoms with Crippen LogP contribution in [0.4, 0.5) is 4.79 Å². The molecule has 122 valence electrons. The fourth-order valence-electron chi connectivity index (χ4n) is 2.05. The molecule has 0 aliphatic heterocycles. The monoisotopic (exact) mass is 318 g/mol. The van der Waals surface area contributed by atoms with E-state index in [-0.39, 0.29) is 0 Å². The van der Waals surface area contributed by atoms with Gasteiger partial charge in [0.15, 0.2) is 6.10 Å². The molecular formula is C16H18N2O5. The van der Waals surface area contributed by atoms with Gasteiger partial charge in [-0.3, -0.25) is 10.1 Å². The van der Waals surface area contributed by atoms with Crippen molar-refractivity contribution in [3.63, 3.8) is 0 Å². The van der Waals surface area contributed by atoms with Crippen molar-refractivity contribution >= 4 is 22.9 Å². The third-order valence-electron chi connectivity index (χ3n) is 3.18. The van der Waals surface area contributed by atoms with Crippen molar-refractivity contribution in [1.29, 1.82) is 0 Å². The number of amides is 3. The normalized spacial score (nSPS) is 11.8. The summed E-state index contributed by atoms with van der Waals surface area (Å²) in [6.45, 7) is 5.49. The van der Waals surface area contributed by atoms with Crippen molar-refractivity contribution in [2.45, 2.75) is 26.9 Å². The zero-order valence-corrected chi connectivity index (χ0v) is 13.1. The smallest absolute Gasteiger partial charge is 0.336 e. The maximum Gasteiger partial charge on any atom is 0.336 e. The van der Waals surface area contributed by atoms with Crippen LogP contribution in [-0.2, 0) is 4.79 Å². The van der Waals surface area contributed by atoms with Crippen molar-refractivity contribution < 1.29 is 18.7 Å². The van der Waals surface area contributed by atoms with Gasteiger partial charge in [-0.25, -0.2) is 9.59 Å². The summed E-state index contributed by atoms with van der Waals surface area (Å²) in [5, 5.41) is 5.41. The minimum atomic E-state index is -0.883. The van der Waals surface area contributed by atoms with Gasteiger partial charge in [-0.1, -0.05) is 0 Å². The maximum atomic E-state index is 11.8. The van der Waals surface area contributed by atoms with E-state index in [1.807, 2.05) is 6.92 Å². The molecule has 0 aliphatic rings. The number of imide groups is 1. The van der Waals surface area contributed by atoms with Crippen LogP contribution in [0.25, 0.3) is 11.0 Å². The largest absolute Gasteiger partial charge is 0.481 e. The number of urea groups is 1. The van der Waals surface area contributed by atoms with Gasteiger partial charge >= 0.3 is 11.7 Å². The molecule has 1 aromatic carbocycles. The molecule has 0 spiro atoms. The van der Waals surface area contributed by atoms with Crippen molar-refractivity contribution in [2.75, 3.05) is 6.54 Å². The molecule has 0 saturated heterocycles. The Kier molecular flexibility index (Phi) is 5.00. The zero-order valence-electron chi connectivity index (χ0n) is 13.1. The summed E-state index contributed by atoms with van der Waals surface area (Å²) in [5.74, 6) is -0.202. The lowest BCUT2D eigenvalue weighted by molar-refractivity contribution is -0.126. The van der Waals surface area contributed by atoms with E-state index in [0.29, 0.717) is 17.9 Å². The molecule has 1 heterocycles. The van der Waals surface area contributed by atoms with Crippen molar-refractivity contribution in [3.8, 4) is 5.75 Å².